The van der Waals surface area contributed by atoms with Gasteiger partial charge in [0.2, 0.25) is 0 Å². The number of carboxylic acids is 1. The number of hydrogen-bond donors (Lipinski definition) is 1. The molecule has 1 aromatic carbocycles. The average Bonchev–Trinajstić information content (AvgIpc) is 3.03. The first-order valence-corrected chi connectivity index (χ1v) is 16.8. The van der Waals surface area contributed by atoms with Crippen molar-refractivity contribution in [2.24, 2.45) is 0 Å². The number of esters is 7. The van der Waals surface area contributed by atoms with Gasteiger partial charge in [0.05, 0.1) is 5.56 Å². The molecule has 20 heteroatoms. The molecule has 0 radical (unpaired) electrons. The maximum absolute atomic E-state index is 12.6. The molecule has 10 atom stereocenters. The summed E-state index contributed by atoms with van der Waals surface area (Å²) in [5.41, 5.74) is -1.47. The van der Waals surface area contributed by atoms with Crippen LogP contribution in [0.1, 0.15) is 58.8 Å². The van der Waals surface area contributed by atoms with E-state index in [4.69, 9.17) is 47.4 Å². The van der Waals surface area contributed by atoms with E-state index in [0.717, 1.165) is 60.2 Å². The summed E-state index contributed by atoms with van der Waals surface area (Å²) in [6.07, 6.45) is -14.4. The zero-order valence-corrected chi connectivity index (χ0v) is 30.5. The average molecular weight is 773 g/mol. The smallest absolute Gasteiger partial charge is 0.336 e. The first-order valence-electron chi connectivity index (χ1n) is 16.0. The molecule has 3 rings (SSSR count). The second kappa shape index (κ2) is 19.3. The topological polar surface area (TPSA) is 249 Å². The van der Waals surface area contributed by atoms with E-state index in [1.807, 2.05) is 0 Å². The molecule has 0 aliphatic carbocycles. The van der Waals surface area contributed by atoms with Gasteiger partial charge >= 0.3 is 47.8 Å². The Kier molecular flexibility index (Phi) is 15.5. The Balaban J connectivity index is 2.20. The maximum Gasteiger partial charge on any atom is 0.336 e. The summed E-state index contributed by atoms with van der Waals surface area (Å²) in [4.78, 5) is 98.0. The lowest BCUT2D eigenvalue weighted by molar-refractivity contribution is -0.341. The number of ether oxygens (including phenoxy) is 10. The molecule has 0 bridgehead atoms. The predicted octanol–water partition coefficient (Wildman–Crippen LogP) is 1.10. The molecule has 0 spiro atoms. The summed E-state index contributed by atoms with van der Waals surface area (Å²) in [5.74, 6) is -7.35. The molecule has 0 unspecified atom stereocenters. The zero-order valence-electron chi connectivity index (χ0n) is 29.7. The molecule has 2 aliphatic rings. The van der Waals surface area contributed by atoms with Crippen molar-refractivity contribution in [3.05, 3.63) is 29.8 Å². The van der Waals surface area contributed by atoms with Gasteiger partial charge in [-0.25, -0.2) is 4.79 Å². The van der Waals surface area contributed by atoms with E-state index >= 15 is 0 Å². The molecule has 19 nitrogen and oxygen atoms in total. The van der Waals surface area contributed by atoms with Gasteiger partial charge in [-0.15, -0.1) is 0 Å². The van der Waals surface area contributed by atoms with Crippen molar-refractivity contribution in [1.82, 2.24) is 0 Å². The molecule has 53 heavy (non-hydrogen) atoms. The molecule has 1 N–H and O–H groups in total. The van der Waals surface area contributed by atoms with E-state index in [1.165, 1.54) is 18.2 Å². The Morgan fingerprint density at radius 1 is 0.566 bits per heavy atom. The summed E-state index contributed by atoms with van der Waals surface area (Å²) in [5, 5.41) is 9.80. The largest absolute Gasteiger partial charge is 0.478 e. The van der Waals surface area contributed by atoms with Crippen LogP contribution in [0.4, 0.5) is 0 Å². The van der Waals surface area contributed by atoms with Crippen LogP contribution >= 0.6 is 11.8 Å². The third kappa shape index (κ3) is 12.4. The summed E-state index contributed by atoms with van der Waals surface area (Å²) in [6.45, 7) is 6.16. The molecule has 2 heterocycles. The molecule has 2 fully saturated rings. The van der Waals surface area contributed by atoms with Gasteiger partial charge in [-0.3, -0.25) is 33.6 Å². The first kappa shape index (κ1) is 42.6. The normalized spacial score (nSPS) is 28.0. The Morgan fingerprint density at radius 2 is 1.00 bits per heavy atom. The quantitative estimate of drug-likeness (QED) is 0.205. The van der Waals surface area contributed by atoms with Gasteiger partial charge in [0.15, 0.2) is 36.8 Å². The van der Waals surface area contributed by atoms with Crippen LogP contribution in [0.2, 0.25) is 0 Å². The van der Waals surface area contributed by atoms with Crippen molar-refractivity contribution in [3.8, 4) is 0 Å². The van der Waals surface area contributed by atoms with Crippen LogP contribution in [0.5, 0.6) is 0 Å². The molecule has 0 saturated carbocycles. The lowest BCUT2D eigenvalue weighted by Crippen LogP contribution is -2.66. The highest BCUT2D eigenvalue weighted by Gasteiger charge is 2.57. The molecule has 0 aromatic heterocycles. The van der Waals surface area contributed by atoms with Gasteiger partial charge in [0.25, 0.3) is 0 Å². The fourth-order valence-electron chi connectivity index (χ4n) is 5.44. The highest BCUT2D eigenvalue weighted by molar-refractivity contribution is 8.00. The second-order valence-corrected chi connectivity index (χ2v) is 12.7. The number of aromatic carboxylic acids is 1. The minimum Gasteiger partial charge on any atom is -0.478 e. The molecule has 1 aromatic rings. The first-order chi connectivity index (χ1) is 24.9. The Labute approximate surface area is 307 Å². The molecule has 2 saturated heterocycles. The number of carbonyl (C=O) groups excluding carboxylic acids is 7. The standard InChI is InChI=1S/C33H40O19S/c1-14(34)43-12-22-25(45-16(3)36)27(46-17(4)37)29(48-19(6)39)32(50-22)52-26-23(13-44-15(2)35)51-33(30(49-20(7)40)28(26)47-18(5)38)53-24-11-9-8-10-21(24)31(41)42/h8-11,22-23,25-30,32-33H,12-13H2,1-7H3,(H,41,42)/t22-,23-,25-,26-,27+,28+,29-,30-,32-,33+/m1/s1. The van der Waals surface area contributed by atoms with Crippen molar-refractivity contribution >= 4 is 59.5 Å². The monoisotopic (exact) mass is 772 g/mol. The SMILES string of the molecule is CC(=O)OC[C@H]1O[C@@H](Sc2ccccc2C(=O)O)[C@H](OC(C)=O)[C@@H](OC(C)=O)[C@@H]1O[C@H]1O[C@H](COC(C)=O)[C@@H](OC(C)=O)[C@H](OC(C)=O)[C@H]1OC(C)=O. The lowest BCUT2D eigenvalue weighted by atomic mass is 9.96. The van der Waals surface area contributed by atoms with Crippen molar-refractivity contribution in [1.29, 1.82) is 0 Å². The molecular formula is C33H40O19S. The van der Waals surface area contributed by atoms with E-state index < -0.39 is 122 Å². The molecule has 2 aliphatic heterocycles. The van der Waals surface area contributed by atoms with Gasteiger partial charge in [-0.1, -0.05) is 23.9 Å². The highest BCUT2D eigenvalue weighted by atomic mass is 32.2. The lowest BCUT2D eigenvalue weighted by Gasteiger charge is -2.48. The number of carbonyl (C=O) groups is 8. The summed E-state index contributed by atoms with van der Waals surface area (Å²) >= 11 is 0.796. The minimum absolute atomic E-state index is 0.140. The van der Waals surface area contributed by atoms with Crippen LogP contribution in [-0.2, 0) is 80.9 Å². The van der Waals surface area contributed by atoms with Gasteiger partial charge in [0.1, 0.15) is 37.0 Å². The van der Waals surface area contributed by atoms with E-state index in [2.05, 4.69) is 0 Å². The number of benzene rings is 1. The van der Waals surface area contributed by atoms with E-state index in [0.29, 0.717) is 0 Å². The van der Waals surface area contributed by atoms with Crippen LogP contribution < -0.4 is 0 Å². The van der Waals surface area contributed by atoms with Gasteiger partial charge in [-0.05, 0) is 12.1 Å². The third-order valence-electron chi connectivity index (χ3n) is 7.25. The van der Waals surface area contributed by atoms with E-state index in [9.17, 15) is 43.5 Å². The van der Waals surface area contributed by atoms with Crippen LogP contribution in [0.3, 0.4) is 0 Å². The molecule has 0 amide bonds. The van der Waals surface area contributed by atoms with Gasteiger partial charge in [0, 0.05) is 53.4 Å². The van der Waals surface area contributed by atoms with E-state index in [1.54, 1.807) is 6.07 Å². The zero-order chi connectivity index (χ0) is 39.6. The minimum atomic E-state index is -1.84. The van der Waals surface area contributed by atoms with Gasteiger partial charge < -0.3 is 52.5 Å². The molecular weight excluding hydrogens is 732 g/mol. The third-order valence-corrected chi connectivity index (χ3v) is 8.47. The Morgan fingerprint density at radius 3 is 1.49 bits per heavy atom. The maximum atomic E-state index is 12.6. The predicted molar refractivity (Wildman–Crippen MR) is 172 cm³/mol. The van der Waals surface area contributed by atoms with Gasteiger partial charge in [-0.2, -0.15) is 0 Å². The van der Waals surface area contributed by atoms with Crippen LogP contribution in [0.15, 0.2) is 29.2 Å². The number of thioether (sulfide) groups is 1. The van der Waals surface area contributed by atoms with Crippen LogP contribution in [-0.4, -0.2) is 127 Å². The fourth-order valence-corrected chi connectivity index (χ4v) is 6.67. The number of rotatable bonds is 14. The van der Waals surface area contributed by atoms with Crippen LogP contribution in [0, 0.1) is 0 Å². The summed E-state index contributed by atoms with van der Waals surface area (Å²) < 4.78 is 56.5. The summed E-state index contributed by atoms with van der Waals surface area (Å²) in [6, 6.07) is 5.82. The molecule has 292 valence electrons. The number of hydrogen-bond acceptors (Lipinski definition) is 19. The second-order valence-electron chi connectivity index (χ2n) is 11.6. The van der Waals surface area contributed by atoms with Crippen molar-refractivity contribution in [2.45, 2.75) is 114 Å². The fraction of sp³-hybridized carbons (Fsp3) is 0.576. The van der Waals surface area contributed by atoms with E-state index in [-0.39, 0.29) is 10.5 Å². The van der Waals surface area contributed by atoms with Crippen LogP contribution in [0.25, 0.3) is 0 Å². The van der Waals surface area contributed by atoms with Crippen molar-refractivity contribution in [3.63, 3.8) is 0 Å². The Hall–Kier alpha value is -4.79. The summed E-state index contributed by atoms with van der Waals surface area (Å²) in [7, 11) is 0. The van der Waals surface area contributed by atoms with Crippen molar-refractivity contribution in [2.75, 3.05) is 13.2 Å². The van der Waals surface area contributed by atoms with Crippen molar-refractivity contribution < 1.29 is 90.8 Å². The highest BCUT2D eigenvalue weighted by Crippen LogP contribution is 2.40. The Bertz CT molecular complexity index is 1550. The number of carboxylic acid groups (broad SMARTS) is 1.